The summed E-state index contributed by atoms with van der Waals surface area (Å²) >= 11 is 0. The van der Waals surface area contributed by atoms with Crippen molar-refractivity contribution < 1.29 is 0 Å². The molecule has 0 aliphatic rings. The van der Waals surface area contributed by atoms with Gasteiger partial charge in [0.1, 0.15) is 0 Å². The third-order valence-electron chi connectivity index (χ3n) is 1.45. The smallest absolute Gasteiger partial charge is 0.0355 e. The second kappa shape index (κ2) is 4.14. The molecule has 0 saturated heterocycles. The van der Waals surface area contributed by atoms with Gasteiger partial charge in [-0.05, 0) is 19.4 Å². The Hall–Kier alpha value is -0.820. The van der Waals surface area contributed by atoms with Gasteiger partial charge in [-0.15, -0.1) is 12.4 Å². The fourth-order valence-corrected chi connectivity index (χ4v) is 0.878. The standard InChI is InChI=1S/C9H11N.ClH/c1-7-4-3-5-9(6-7)8(2)10;/h3-6,10H,1-2H3;1H. The number of hydrogen-bond donors (Lipinski definition) is 1. The molecular formula is C9H12ClN. The Labute approximate surface area is 73.4 Å². The van der Waals surface area contributed by atoms with E-state index < -0.39 is 0 Å². The summed E-state index contributed by atoms with van der Waals surface area (Å²) in [6, 6.07) is 7.98. The van der Waals surface area contributed by atoms with Crippen LogP contribution in [-0.2, 0) is 0 Å². The molecule has 0 aliphatic heterocycles. The van der Waals surface area contributed by atoms with Gasteiger partial charge in [0.15, 0.2) is 0 Å². The van der Waals surface area contributed by atoms with Gasteiger partial charge in [-0.3, -0.25) is 0 Å². The van der Waals surface area contributed by atoms with Crippen molar-refractivity contribution in [2.45, 2.75) is 13.8 Å². The molecule has 0 atom stereocenters. The van der Waals surface area contributed by atoms with Gasteiger partial charge in [-0.25, -0.2) is 0 Å². The van der Waals surface area contributed by atoms with Gasteiger partial charge < -0.3 is 5.41 Å². The Kier molecular flexibility index (Phi) is 3.83. The van der Waals surface area contributed by atoms with Gasteiger partial charge in [-0.1, -0.05) is 29.8 Å². The molecule has 11 heavy (non-hydrogen) atoms. The van der Waals surface area contributed by atoms with Crippen LogP contribution in [0, 0.1) is 12.3 Å². The lowest BCUT2D eigenvalue weighted by Gasteiger charge is -1.97. The van der Waals surface area contributed by atoms with Crippen LogP contribution in [0.1, 0.15) is 18.1 Å². The summed E-state index contributed by atoms with van der Waals surface area (Å²) in [6.45, 7) is 3.83. The molecule has 1 nitrogen and oxygen atoms in total. The van der Waals surface area contributed by atoms with Crippen LogP contribution < -0.4 is 0 Å². The Morgan fingerprint density at radius 1 is 1.36 bits per heavy atom. The zero-order chi connectivity index (χ0) is 7.56. The Bertz CT molecular complexity index is 255. The van der Waals surface area contributed by atoms with Crippen LogP contribution in [0.25, 0.3) is 0 Å². The van der Waals surface area contributed by atoms with Gasteiger partial charge >= 0.3 is 0 Å². The van der Waals surface area contributed by atoms with Crippen molar-refractivity contribution >= 4 is 18.1 Å². The van der Waals surface area contributed by atoms with Crippen molar-refractivity contribution in [3.63, 3.8) is 0 Å². The summed E-state index contributed by atoms with van der Waals surface area (Å²) in [7, 11) is 0. The topological polar surface area (TPSA) is 23.9 Å². The second-order valence-electron chi connectivity index (χ2n) is 2.49. The molecule has 1 aromatic rings. The van der Waals surface area contributed by atoms with Crippen LogP contribution >= 0.6 is 12.4 Å². The summed E-state index contributed by atoms with van der Waals surface area (Å²) in [4.78, 5) is 0. The molecule has 0 amide bonds. The first kappa shape index (κ1) is 10.2. The van der Waals surface area contributed by atoms with E-state index in [0.29, 0.717) is 5.71 Å². The lowest BCUT2D eigenvalue weighted by Crippen LogP contribution is -1.90. The lowest BCUT2D eigenvalue weighted by molar-refractivity contribution is 1.41. The summed E-state index contributed by atoms with van der Waals surface area (Å²) < 4.78 is 0. The number of rotatable bonds is 1. The van der Waals surface area contributed by atoms with E-state index in [1.807, 2.05) is 31.2 Å². The fourth-order valence-electron chi connectivity index (χ4n) is 0.878. The number of nitrogens with one attached hydrogen (secondary N) is 1. The monoisotopic (exact) mass is 169 g/mol. The van der Waals surface area contributed by atoms with Gasteiger partial charge in [-0.2, -0.15) is 0 Å². The highest BCUT2D eigenvalue weighted by atomic mass is 35.5. The first-order valence-corrected chi connectivity index (χ1v) is 3.32. The average Bonchev–Trinajstić information content (AvgIpc) is 1.88. The minimum atomic E-state index is 0. The second-order valence-corrected chi connectivity index (χ2v) is 2.49. The van der Waals surface area contributed by atoms with Crippen LogP contribution in [0.15, 0.2) is 24.3 Å². The summed E-state index contributed by atoms with van der Waals surface area (Å²) in [5, 5.41) is 7.33. The molecule has 1 rings (SSSR count). The summed E-state index contributed by atoms with van der Waals surface area (Å²) in [6.07, 6.45) is 0. The molecule has 0 aliphatic carbocycles. The lowest BCUT2D eigenvalue weighted by atomic mass is 10.1. The first-order valence-electron chi connectivity index (χ1n) is 3.32. The van der Waals surface area contributed by atoms with Crippen molar-refractivity contribution in [3.05, 3.63) is 35.4 Å². The van der Waals surface area contributed by atoms with Crippen LogP contribution in [0.4, 0.5) is 0 Å². The molecule has 0 radical (unpaired) electrons. The molecule has 2 heteroatoms. The summed E-state index contributed by atoms with van der Waals surface area (Å²) in [5.74, 6) is 0. The van der Waals surface area contributed by atoms with Crippen molar-refractivity contribution in [2.75, 3.05) is 0 Å². The SMILES string of the molecule is CC(=N)c1cccc(C)c1.Cl. The van der Waals surface area contributed by atoms with Gasteiger partial charge in [0, 0.05) is 5.71 Å². The highest BCUT2D eigenvalue weighted by Gasteiger charge is 1.92. The number of aryl methyl sites for hydroxylation is 1. The Balaban J connectivity index is 0.000001000. The van der Waals surface area contributed by atoms with E-state index in [0.717, 1.165) is 5.56 Å². The van der Waals surface area contributed by atoms with Crippen molar-refractivity contribution in [1.82, 2.24) is 0 Å². The van der Waals surface area contributed by atoms with E-state index in [-0.39, 0.29) is 12.4 Å². The van der Waals surface area contributed by atoms with Crippen LogP contribution in [0.5, 0.6) is 0 Å². The van der Waals surface area contributed by atoms with E-state index in [4.69, 9.17) is 5.41 Å². The fraction of sp³-hybridized carbons (Fsp3) is 0.222. The molecule has 0 heterocycles. The predicted molar refractivity (Wildman–Crippen MR) is 50.9 cm³/mol. The molecule has 0 unspecified atom stereocenters. The van der Waals surface area contributed by atoms with E-state index >= 15 is 0 Å². The zero-order valence-electron chi connectivity index (χ0n) is 6.72. The molecule has 0 bridgehead atoms. The van der Waals surface area contributed by atoms with Crippen molar-refractivity contribution in [1.29, 1.82) is 5.41 Å². The molecular weight excluding hydrogens is 158 g/mol. The predicted octanol–water partition coefficient (Wildman–Crippen LogP) is 2.80. The molecule has 60 valence electrons. The average molecular weight is 170 g/mol. The highest BCUT2D eigenvalue weighted by molar-refractivity contribution is 5.96. The Morgan fingerprint density at radius 3 is 2.36 bits per heavy atom. The Morgan fingerprint density at radius 2 is 2.00 bits per heavy atom. The number of benzene rings is 1. The highest BCUT2D eigenvalue weighted by Crippen LogP contribution is 2.03. The van der Waals surface area contributed by atoms with Gasteiger partial charge in [0.05, 0.1) is 0 Å². The quantitative estimate of drug-likeness (QED) is 0.626. The summed E-state index contributed by atoms with van der Waals surface area (Å²) in [5.41, 5.74) is 2.85. The molecule has 0 aromatic heterocycles. The minimum Gasteiger partial charge on any atom is -0.305 e. The largest absolute Gasteiger partial charge is 0.305 e. The first-order chi connectivity index (χ1) is 4.70. The number of halogens is 1. The van der Waals surface area contributed by atoms with Crippen molar-refractivity contribution in [2.24, 2.45) is 0 Å². The van der Waals surface area contributed by atoms with Gasteiger partial charge in [0.25, 0.3) is 0 Å². The molecule has 1 aromatic carbocycles. The molecule has 0 spiro atoms. The third-order valence-corrected chi connectivity index (χ3v) is 1.45. The zero-order valence-corrected chi connectivity index (χ0v) is 7.53. The molecule has 0 saturated carbocycles. The van der Waals surface area contributed by atoms with Crippen LogP contribution in [-0.4, -0.2) is 5.71 Å². The maximum absolute atomic E-state index is 7.33. The van der Waals surface area contributed by atoms with Gasteiger partial charge in [0.2, 0.25) is 0 Å². The van der Waals surface area contributed by atoms with E-state index in [1.54, 1.807) is 6.92 Å². The molecule has 1 N–H and O–H groups in total. The van der Waals surface area contributed by atoms with E-state index in [9.17, 15) is 0 Å². The third kappa shape index (κ3) is 2.72. The normalized spacial score (nSPS) is 8.55. The van der Waals surface area contributed by atoms with Crippen LogP contribution in [0.2, 0.25) is 0 Å². The van der Waals surface area contributed by atoms with Crippen LogP contribution in [0.3, 0.4) is 0 Å². The maximum atomic E-state index is 7.33. The maximum Gasteiger partial charge on any atom is 0.0355 e. The molecule has 0 fully saturated rings. The van der Waals surface area contributed by atoms with E-state index in [1.165, 1.54) is 5.56 Å². The van der Waals surface area contributed by atoms with E-state index in [2.05, 4.69) is 0 Å². The number of hydrogen-bond acceptors (Lipinski definition) is 1. The van der Waals surface area contributed by atoms with Crippen molar-refractivity contribution in [3.8, 4) is 0 Å². The minimum absolute atomic E-state index is 0.